The predicted octanol–water partition coefficient (Wildman–Crippen LogP) is 4.32. The molecule has 1 aliphatic rings. The lowest BCUT2D eigenvalue weighted by molar-refractivity contribution is -0.117. The molecule has 0 aliphatic carbocycles. The molecule has 1 aliphatic heterocycles. The van der Waals surface area contributed by atoms with E-state index in [-0.39, 0.29) is 18.1 Å². The highest BCUT2D eigenvalue weighted by molar-refractivity contribution is 5.94. The van der Waals surface area contributed by atoms with Gasteiger partial charge in [-0.3, -0.25) is 9.69 Å². The van der Waals surface area contributed by atoms with Gasteiger partial charge in [-0.2, -0.15) is 0 Å². The van der Waals surface area contributed by atoms with Crippen LogP contribution in [0.5, 0.6) is 11.6 Å². The predicted molar refractivity (Wildman–Crippen MR) is 132 cm³/mol. The maximum Gasteiger partial charge on any atom is 0.231 e. The summed E-state index contributed by atoms with van der Waals surface area (Å²) in [5.41, 5.74) is 4.15. The molecule has 1 amide bonds. The van der Waals surface area contributed by atoms with Crippen molar-refractivity contribution in [2.45, 2.75) is 32.9 Å². The van der Waals surface area contributed by atoms with E-state index in [2.05, 4.69) is 41.2 Å². The number of halogens is 1. The molecule has 178 valence electrons. The first-order chi connectivity index (χ1) is 16.4. The Hall–Kier alpha value is -3.29. The van der Waals surface area contributed by atoms with Gasteiger partial charge in [-0.1, -0.05) is 12.1 Å². The van der Waals surface area contributed by atoms with Gasteiger partial charge in [0.2, 0.25) is 11.8 Å². The molecule has 1 N–H and O–H groups in total. The first-order valence-electron chi connectivity index (χ1n) is 11.6. The number of carbonyl (C=O) groups excluding carboxylic acids is 1. The second-order valence-corrected chi connectivity index (χ2v) is 8.89. The Morgan fingerprint density at radius 3 is 2.68 bits per heavy atom. The average molecular weight is 463 g/mol. The SMILES string of the molecule is Cc1cc(N(C)C(=O)Cc2ccc(Oc3ccc(F)cc3)nc2)ccc1CN1CCN[C@@H](C)C1. The molecular weight excluding hydrogens is 431 g/mol. The molecule has 6 nitrogen and oxygen atoms in total. The Labute approximate surface area is 200 Å². The fraction of sp³-hybridized carbons (Fsp3) is 0.333. The third kappa shape index (κ3) is 6.18. The first kappa shape index (κ1) is 23.9. The third-order valence-electron chi connectivity index (χ3n) is 6.12. The van der Waals surface area contributed by atoms with Crippen LogP contribution in [0.25, 0.3) is 0 Å². The topological polar surface area (TPSA) is 57.7 Å². The molecule has 1 aromatic heterocycles. The molecule has 2 aromatic carbocycles. The van der Waals surface area contributed by atoms with Crippen LogP contribution in [0.3, 0.4) is 0 Å². The van der Waals surface area contributed by atoms with E-state index in [0.717, 1.165) is 37.4 Å². The number of carbonyl (C=O) groups is 1. The van der Waals surface area contributed by atoms with Gasteiger partial charge in [0, 0.05) is 57.2 Å². The van der Waals surface area contributed by atoms with Crippen LogP contribution in [-0.4, -0.2) is 48.5 Å². The van der Waals surface area contributed by atoms with Crippen molar-refractivity contribution >= 4 is 11.6 Å². The van der Waals surface area contributed by atoms with Gasteiger partial charge in [0.1, 0.15) is 11.6 Å². The second kappa shape index (κ2) is 10.8. The van der Waals surface area contributed by atoms with Gasteiger partial charge in [-0.25, -0.2) is 9.37 Å². The number of benzene rings is 2. The van der Waals surface area contributed by atoms with Gasteiger partial charge in [0.15, 0.2) is 0 Å². The van der Waals surface area contributed by atoms with E-state index >= 15 is 0 Å². The number of rotatable bonds is 7. The van der Waals surface area contributed by atoms with Crippen molar-refractivity contribution in [3.05, 3.63) is 83.3 Å². The number of pyridine rings is 1. The molecule has 3 aromatic rings. The number of amides is 1. The Kier molecular flexibility index (Phi) is 7.55. The second-order valence-electron chi connectivity index (χ2n) is 8.89. The van der Waals surface area contributed by atoms with Crippen LogP contribution in [0.15, 0.2) is 60.8 Å². The standard InChI is InChI=1S/C27H31FN4O2/c1-19-14-24(8-5-22(19)18-32-13-12-29-20(2)17-32)31(3)27(33)15-21-4-11-26(30-16-21)34-25-9-6-23(28)7-10-25/h4-11,14,16,20,29H,12-13,15,17-18H2,1-3H3/t20-/m0/s1. The fourth-order valence-corrected chi connectivity index (χ4v) is 4.10. The number of likely N-dealkylation sites (N-methyl/N-ethyl adjacent to an activating group) is 1. The number of aryl methyl sites for hydroxylation is 1. The molecule has 34 heavy (non-hydrogen) atoms. The molecule has 0 saturated carbocycles. The normalized spacial score (nSPS) is 16.3. The zero-order valence-corrected chi connectivity index (χ0v) is 19.9. The van der Waals surface area contributed by atoms with Crippen LogP contribution in [0.4, 0.5) is 10.1 Å². The highest BCUT2D eigenvalue weighted by Gasteiger charge is 2.17. The van der Waals surface area contributed by atoms with Crippen molar-refractivity contribution in [1.82, 2.24) is 15.2 Å². The Balaban J connectivity index is 1.34. The van der Waals surface area contributed by atoms with Crippen molar-refractivity contribution in [3.63, 3.8) is 0 Å². The van der Waals surface area contributed by atoms with E-state index in [1.54, 1.807) is 36.3 Å². The summed E-state index contributed by atoms with van der Waals surface area (Å²) in [6, 6.07) is 16.0. The molecule has 0 radical (unpaired) electrons. The molecule has 1 atom stereocenters. The van der Waals surface area contributed by atoms with Gasteiger partial charge in [0.05, 0.1) is 6.42 Å². The van der Waals surface area contributed by atoms with Crippen molar-refractivity contribution in [2.75, 3.05) is 31.6 Å². The van der Waals surface area contributed by atoms with Crippen LogP contribution in [0, 0.1) is 12.7 Å². The Bertz CT molecular complexity index is 1120. The molecule has 7 heteroatoms. The van der Waals surface area contributed by atoms with Crippen LogP contribution in [0.1, 0.15) is 23.6 Å². The summed E-state index contributed by atoms with van der Waals surface area (Å²) in [5.74, 6) is 0.554. The molecule has 0 unspecified atom stereocenters. The summed E-state index contributed by atoms with van der Waals surface area (Å²) in [6.45, 7) is 8.35. The third-order valence-corrected chi connectivity index (χ3v) is 6.12. The lowest BCUT2D eigenvalue weighted by Crippen LogP contribution is -2.48. The molecular formula is C27H31FN4O2. The minimum atomic E-state index is -0.322. The van der Waals surface area contributed by atoms with Gasteiger partial charge < -0.3 is 15.0 Å². The minimum absolute atomic E-state index is 0.0166. The van der Waals surface area contributed by atoms with Crippen LogP contribution in [-0.2, 0) is 17.8 Å². The fourth-order valence-electron chi connectivity index (χ4n) is 4.10. The van der Waals surface area contributed by atoms with Gasteiger partial charge in [-0.15, -0.1) is 0 Å². The maximum atomic E-state index is 13.0. The lowest BCUT2D eigenvalue weighted by Gasteiger charge is -2.32. The molecule has 2 heterocycles. The summed E-state index contributed by atoms with van der Waals surface area (Å²) in [5, 5.41) is 3.47. The zero-order chi connectivity index (χ0) is 24.1. The van der Waals surface area contributed by atoms with Crippen molar-refractivity contribution in [1.29, 1.82) is 0 Å². The highest BCUT2D eigenvalue weighted by atomic mass is 19.1. The quantitative estimate of drug-likeness (QED) is 0.567. The van der Waals surface area contributed by atoms with E-state index < -0.39 is 0 Å². The summed E-state index contributed by atoms with van der Waals surface area (Å²) in [7, 11) is 1.80. The highest BCUT2D eigenvalue weighted by Crippen LogP contribution is 2.22. The number of nitrogens with one attached hydrogen (secondary N) is 1. The maximum absolute atomic E-state index is 13.0. The van der Waals surface area contributed by atoms with Gasteiger partial charge in [-0.05, 0) is 66.9 Å². The molecule has 1 fully saturated rings. The van der Waals surface area contributed by atoms with E-state index in [1.807, 2.05) is 12.1 Å². The summed E-state index contributed by atoms with van der Waals surface area (Å²) >= 11 is 0. The summed E-state index contributed by atoms with van der Waals surface area (Å²) in [6.07, 6.45) is 1.87. The van der Waals surface area contributed by atoms with E-state index in [1.165, 1.54) is 23.3 Å². The first-order valence-corrected chi connectivity index (χ1v) is 11.6. The Morgan fingerprint density at radius 2 is 2.00 bits per heavy atom. The summed E-state index contributed by atoms with van der Waals surface area (Å²) < 4.78 is 18.6. The molecule has 4 rings (SSSR count). The number of nitrogens with zero attached hydrogens (tertiary/aromatic N) is 3. The number of anilines is 1. The number of hydrogen-bond donors (Lipinski definition) is 1. The number of aromatic nitrogens is 1. The van der Waals surface area contributed by atoms with Gasteiger partial charge in [0.25, 0.3) is 0 Å². The van der Waals surface area contributed by atoms with E-state index in [9.17, 15) is 9.18 Å². The smallest absolute Gasteiger partial charge is 0.231 e. The van der Waals surface area contributed by atoms with Crippen LogP contribution < -0.4 is 15.0 Å². The monoisotopic (exact) mass is 462 g/mol. The molecule has 1 saturated heterocycles. The Morgan fingerprint density at radius 1 is 1.21 bits per heavy atom. The van der Waals surface area contributed by atoms with Gasteiger partial charge >= 0.3 is 0 Å². The number of hydrogen-bond acceptors (Lipinski definition) is 5. The van der Waals surface area contributed by atoms with Crippen LogP contribution in [0.2, 0.25) is 0 Å². The summed E-state index contributed by atoms with van der Waals surface area (Å²) in [4.78, 5) is 21.3. The average Bonchev–Trinajstić information content (AvgIpc) is 2.82. The molecule has 0 bridgehead atoms. The van der Waals surface area contributed by atoms with Crippen LogP contribution >= 0.6 is 0 Å². The lowest BCUT2D eigenvalue weighted by atomic mass is 10.1. The minimum Gasteiger partial charge on any atom is -0.439 e. The molecule has 0 spiro atoms. The largest absolute Gasteiger partial charge is 0.439 e. The van der Waals surface area contributed by atoms with Crippen molar-refractivity contribution < 1.29 is 13.9 Å². The number of piperazine rings is 1. The van der Waals surface area contributed by atoms with Crippen molar-refractivity contribution in [3.8, 4) is 11.6 Å². The van der Waals surface area contributed by atoms with E-state index in [0.29, 0.717) is 17.7 Å². The van der Waals surface area contributed by atoms with E-state index in [4.69, 9.17) is 4.74 Å². The number of ether oxygens (including phenoxy) is 1. The zero-order valence-electron chi connectivity index (χ0n) is 19.9. The van der Waals surface area contributed by atoms with Crippen molar-refractivity contribution in [2.24, 2.45) is 0 Å².